The van der Waals surface area contributed by atoms with Gasteiger partial charge in [0.15, 0.2) is 9.84 Å². The summed E-state index contributed by atoms with van der Waals surface area (Å²) in [5, 5.41) is 10.5. The number of aliphatic hydroxyl groups excluding tert-OH is 1. The van der Waals surface area contributed by atoms with Crippen LogP contribution < -0.4 is 4.74 Å². The molecular weight excluding hydrogens is 388 g/mol. The summed E-state index contributed by atoms with van der Waals surface area (Å²) in [6.45, 7) is 6.74. The normalized spacial score (nSPS) is 13.6. The van der Waals surface area contributed by atoms with Crippen molar-refractivity contribution in [1.29, 1.82) is 0 Å². The van der Waals surface area contributed by atoms with Crippen molar-refractivity contribution in [2.45, 2.75) is 44.6 Å². The molecule has 156 valence electrons. The number of para-hydroxylation sites is 2. The molecule has 2 aromatic carbocycles. The summed E-state index contributed by atoms with van der Waals surface area (Å²) in [4.78, 5) is 4.43. The zero-order valence-electron chi connectivity index (χ0n) is 17.3. The quantitative estimate of drug-likeness (QED) is 0.639. The van der Waals surface area contributed by atoms with Gasteiger partial charge in [-0.3, -0.25) is 0 Å². The molecule has 0 bridgehead atoms. The Morgan fingerprint density at radius 1 is 1.10 bits per heavy atom. The van der Waals surface area contributed by atoms with Gasteiger partial charge in [0.25, 0.3) is 0 Å². The van der Waals surface area contributed by atoms with Crippen LogP contribution in [0, 0.1) is 0 Å². The number of aliphatic hydroxyl groups is 1. The average Bonchev–Trinajstić information content (AvgIpc) is 2.95. The van der Waals surface area contributed by atoms with E-state index in [4.69, 9.17) is 4.74 Å². The molecule has 0 aliphatic carbocycles. The van der Waals surface area contributed by atoms with E-state index in [9.17, 15) is 13.5 Å². The molecule has 1 aromatic heterocycles. The first-order chi connectivity index (χ1) is 13.5. The highest BCUT2D eigenvalue weighted by atomic mass is 32.2. The summed E-state index contributed by atoms with van der Waals surface area (Å²) >= 11 is 0. The molecule has 0 saturated carbocycles. The van der Waals surface area contributed by atoms with Crippen molar-refractivity contribution >= 4 is 20.9 Å². The maximum atomic E-state index is 11.8. The van der Waals surface area contributed by atoms with Crippen LogP contribution in [0.3, 0.4) is 0 Å². The second-order valence-corrected chi connectivity index (χ2v) is 10.6. The van der Waals surface area contributed by atoms with Crippen LogP contribution in [0.15, 0.2) is 48.5 Å². The van der Waals surface area contributed by atoms with E-state index in [0.29, 0.717) is 17.1 Å². The Labute approximate surface area is 172 Å². The fraction of sp³-hybridized carbons (Fsp3) is 0.409. The Morgan fingerprint density at radius 2 is 1.76 bits per heavy atom. The molecule has 3 rings (SSSR count). The first-order valence-electron chi connectivity index (χ1n) is 9.56. The maximum Gasteiger partial charge on any atom is 0.154 e. The third kappa shape index (κ3) is 5.58. The van der Waals surface area contributed by atoms with Gasteiger partial charge < -0.3 is 14.4 Å². The van der Waals surface area contributed by atoms with Crippen LogP contribution in [-0.2, 0) is 27.5 Å². The van der Waals surface area contributed by atoms with Gasteiger partial charge in [0.1, 0.15) is 30.0 Å². The number of nitrogens with zero attached hydrogens (tertiary/aromatic N) is 2. The number of aromatic nitrogens is 2. The number of hydrogen-bond donors (Lipinski definition) is 1. The highest BCUT2D eigenvalue weighted by Gasteiger charge is 2.18. The predicted octanol–water partition coefficient (Wildman–Crippen LogP) is 3.32. The zero-order valence-corrected chi connectivity index (χ0v) is 18.1. The predicted molar refractivity (Wildman–Crippen MR) is 115 cm³/mol. The van der Waals surface area contributed by atoms with Crippen LogP contribution in [0.1, 0.15) is 32.2 Å². The smallest absolute Gasteiger partial charge is 0.154 e. The summed E-state index contributed by atoms with van der Waals surface area (Å²) < 4.78 is 31.1. The van der Waals surface area contributed by atoms with E-state index in [1.54, 1.807) is 4.57 Å². The highest BCUT2D eigenvalue weighted by molar-refractivity contribution is 7.89. The molecule has 0 amide bonds. The van der Waals surface area contributed by atoms with Gasteiger partial charge in [0.05, 0.1) is 17.6 Å². The minimum Gasteiger partial charge on any atom is -0.491 e. The van der Waals surface area contributed by atoms with Crippen LogP contribution in [-0.4, -0.2) is 42.0 Å². The van der Waals surface area contributed by atoms with Crippen molar-refractivity contribution in [3.05, 3.63) is 59.9 Å². The minimum absolute atomic E-state index is 0.0660. The van der Waals surface area contributed by atoms with E-state index in [1.165, 1.54) is 11.8 Å². The maximum absolute atomic E-state index is 11.8. The van der Waals surface area contributed by atoms with E-state index in [1.807, 2.05) is 48.5 Å². The number of ether oxygens (including phenoxy) is 1. The lowest BCUT2D eigenvalue weighted by Crippen LogP contribution is -2.25. The van der Waals surface area contributed by atoms with Crippen molar-refractivity contribution < 1.29 is 18.3 Å². The van der Waals surface area contributed by atoms with Crippen LogP contribution in [0.4, 0.5) is 0 Å². The van der Waals surface area contributed by atoms with E-state index in [-0.39, 0.29) is 24.3 Å². The van der Waals surface area contributed by atoms with Gasteiger partial charge in [-0.15, -0.1) is 0 Å². The van der Waals surface area contributed by atoms with Crippen LogP contribution in [0.2, 0.25) is 0 Å². The lowest BCUT2D eigenvalue weighted by molar-refractivity contribution is 0.0928. The zero-order chi connectivity index (χ0) is 21.2. The first kappa shape index (κ1) is 21.3. The molecule has 0 aliphatic heterocycles. The van der Waals surface area contributed by atoms with Gasteiger partial charge in [-0.2, -0.15) is 0 Å². The third-order valence-electron chi connectivity index (χ3n) is 4.68. The molecule has 3 aromatic rings. The Kier molecular flexibility index (Phi) is 6.00. The number of benzene rings is 2. The van der Waals surface area contributed by atoms with Gasteiger partial charge >= 0.3 is 0 Å². The van der Waals surface area contributed by atoms with Crippen molar-refractivity contribution in [1.82, 2.24) is 9.55 Å². The monoisotopic (exact) mass is 416 g/mol. The lowest BCUT2D eigenvalue weighted by atomic mass is 9.87. The Morgan fingerprint density at radius 3 is 2.38 bits per heavy atom. The molecule has 0 aliphatic rings. The third-order valence-corrected chi connectivity index (χ3v) is 5.46. The number of fused-ring (bicyclic) bond motifs is 1. The second-order valence-electron chi connectivity index (χ2n) is 8.44. The first-order valence-corrected chi connectivity index (χ1v) is 11.6. The molecule has 29 heavy (non-hydrogen) atoms. The van der Waals surface area contributed by atoms with Gasteiger partial charge in [0, 0.05) is 6.26 Å². The van der Waals surface area contributed by atoms with Gasteiger partial charge in [0.2, 0.25) is 0 Å². The molecule has 1 unspecified atom stereocenters. The second kappa shape index (κ2) is 8.16. The summed E-state index contributed by atoms with van der Waals surface area (Å²) in [6.07, 6.45) is 0.366. The lowest BCUT2D eigenvalue weighted by Gasteiger charge is -2.19. The topological polar surface area (TPSA) is 81.4 Å². The highest BCUT2D eigenvalue weighted by Crippen LogP contribution is 2.24. The van der Waals surface area contributed by atoms with E-state index in [0.717, 1.165) is 5.52 Å². The molecule has 1 atom stereocenters. The number of sulfone groups is 1. The summed E-state index contributed by atoms with van der Waals surface area (Å²) in [5.41, 5.74) is 2.77. The molecule has 0 radical (unpaired) electrons. The van der Waals surface area contributed by atoms with Crippen molar-refractivity contribution in [2.24, 2.45) is 0 Å². The summed E-state index contributed by atoms with van der Waals surface area (Å²) in [6, 6.07) is 15.3. The fourth-order valence-corrected chi connectivity index (χ4v) is 3.87. The van der Waals surface area contributed by atoms with Crippen LogP contribution >= 0.6 is 0 Å². The molecule has 0 fully saturated rings. The number of rotatable bonds is 7. The van der Waals surface area contributed by atoms with E-state index in [2.05, 4.69) is 25.8 Å². The molecule has 0 spiro atoms. The molecule has 1 N–H and O–H groups in total. The van der Waals surface area contributed by atoms with E-state index >= 15 is 0 Å². The average molecular weight is 417 g/mol. The molecule has 1 heterocycles. The van der Waals surface area contributed by atoms with Crippen molar-refractivity contribution in [3.63, 3.8) is 0 Å². The Bertz CT molecular complexity index is 1080. The summed E-state index contributed by atoms with van der Waals surface area (Å²) in [5.74, 6) is 0.926. The van der Waals surface area contributed by atoms with Gasteiger partial charge in [-0.05, 0) is 35.2 Å². The van der Waals surface area contributed by atoms with Gasteiger partial charge in [-0.1, -0.05) is 45.0 Å². The Hall–Kier alpha value is -2.38. The van der Waals surface area contributed by atoms with E-state index < -0.39 is 15.9 Å². The summed E-state index contributed by atoms with van der Waals surface area (Å²) in [7, 11) is -3.25. The number of hydrogen-bond acceptors (Lipinski definition) is 5. The Balaban J connectivity index is 1.72. The molecule has 7 heteroatoms. The van der Waals surface area contributed by atoms with Crippen LogP contribution in [0.25, 0.3) is 11.0 Å². The van der Waals surface area contributed by atoms with Crippen molar-refractivity contribution in [3.8, 4) is 5.75 Å². The standard InChI is InChI=1S/C22H28N2O4S/c1-22(2,3)16-9-11-18(12-10-16)28-14-17(25)13-24-20-8-6-5-7-19(20)23-21(24)15-29(4,26)27/h5-12,17,25H,13-15H2,1-4H3. The molecular formula is C22H28N2O4S. The number of imidazole rings is 1. The molecule has 6 nitrogen and oxygen atoms in total. The van der Waals surface area contributed by atoms with Crippen molar-refractivity contribution in [2.75, 3.05) is 12.9 Å². The van der Waals surface area contributed by atoms with Gasteiger partial charge in [-0.25, -0.2) is 13.4 Å². The fourth-order valence-electron chi connectivity index (χ4n) is 3.18. The molecule has 0 saturated heterocycles. The largest absolute Gasteiger partial charge is 0.491 e. The van der Waals surface area contributed by atoms with Crippen LogP contribution in [0.5, 0.6) is 5.75 Å². The minimum atomic E-state index is -3.25. The SMILES string of the molecule is CC(C)(C)c1ccc(OCC(O)Cn2c(CS(C)(=O)=O)nc3ccccc32)cc1.